The van der Waals surface area contributed by atoms with Crippen LogP contribution in [0.5, 0.6) is 5.88 Å². The van der Waals surface area contributed by atoms with E-state index in [0.29, 0.717) is 39.1 Å². The Morgan fingerprint density at radius 3 is 2.11 bits per heavy atom. The van der Waals surface area contributed by atoms with Crippen molar-refractivity contribution in [3.8, 4) is 5.88 Å². The van der Waals surface area contributed by atoms with Crippen molar-refractivity contribution in [3.05, 3.63) is 126 Å². The number of hydrogen-bond acceptors (Lipinski definition) is 5. The van der Waals surface area contributed by atoms with Gasteiger partial charge in [-0.05, 0) is 35.9 Å². The molecule has 0 saturated carbocycles. The molecule has 0 atom stereocenters. The highest BCUT2D eigenvalue weighted by Gasteiger charge is 2.23. The summed E-state index contributed by atoms with van der Waals surface area (Å²) in [4.78, 5) is 17.2. The molecule has 38 heavy (non-hydrogen) atoms. The number of rotatable bonds is 7. The molecular weight excluding hydrogens is 498 g/mol. The second-order valence-electron chi connectivity index (χ2n) is 8.79. The van der Waals surface area contributed by atoms with Gasteiger partial charge in [-0.3, -0.25) is 14.1 Å². The van der Waals surface area contributed by atoms with Gasteiger partial charge in [0.05, 0.1) is 28.2 Å². The van der Waals surface area contributed by atoms with Crippen LogP contribution in [-0.4, -0.2) is 29.7 Å². The van der Waals surface area contributed by atoms with Crippen LogP contribution < -0.4 is 4.72 Å². The van der Waals surface area contributed by atoms with E-state index < -0.39 is 10.0 Å². The average molecular weight is 524 g/mol. The summed E-state index contributed by atoms with van der Waals surface area (Å²) in [5.74, 6) is -0.637. The fraction of sp³-hybridized carbons (Fsp3) is 0.0667. The van der Waals surface area contributed by atoms with E-state index in [4.69, 9.17) is 4.99 Å². The van der Waals surface area contributed by atoms with E-state index in [1.54, 1.807) is 54.6 Å². The topological polar surface area (TPSA) is 101 Å². The Kier molecular flexibility index (Phi) is 6.81. The third-order valence-corrected chi connectivity index (χ3v) is 7.29. The standard InChI is InChI=1S/C30H25N3O4S/c1-21(34)33-27-15-9-8-14-26(27)28(30(33)35)29(23-12-6-3-7-13-23)31-24-16-18-25(19-17-24)32-38(36,37)20-22-10-4-2-5-11-22/h2-19,32,35H,20H2,1H3. The molecule has 8 heteroatoms. The zero-order chi connectivity index (χ0) is 26.7. The van der Waals surface area contributed by atoms with E-state index in [1.165, 1.54) is 11.5 Å². The van der Waals surface area contributed by atoms with Gasteiger partial charge in [0.15, 0.2) is 0 Å². The van der Waals surface area contributed by atoms with Crippen molar-refractivity contribution in [1.29, 1.82) is 0 Å². The quantitative estimate of drug-likeness (QED) is 0.251. The number of carbonyl (C=O) groups is 1. The Morgan fingerprint density at radius 1 is 0.842 bits per heavy atom. The van der Waals surface area contributed by atoms with Gasteiger partial charge in [0.1, 0.15) is 0 Å². The minimum Gasteiger partial charge on any atom is -0.494 e. The molecule has 2 N–H and O–H groups in total. The Morgan fingerprint density at radius 2 is 1.45 bits per heavy atom. The Bertz CT molecular complexity index is 1740. The summed E-state index contributed by atoms with van der Waals surface area (Å²) in [7, 11) is -3.60. The van der Waals surface area contributed by atoms with Crippen LogP contribution in [0.25, 0.3) is 10.9 Å². The van der Waals surface area contributed by atoms with Crippen molar-refractivity contribution >= 4 is 43.9 Å². The van der Waals surface area contributed by atoms with Gasteiger partial charge in [-0.1, -0.05) is 78.9 Å². The number of carbonyl (C=O) groups excluding carboxylic acids is 1. The van der Waals surface area contributed by atoms with Crippen molar-refractivity contribution in [3.63, 3.8) is 0 Å². The third-order valence-electron chi connectivity index (χ3n) is 6.03. The van der Waals surface area contributed by atoms with Crippen LogP contribution >= 0.6 is 0 Å². The predicted octanol–water partition coefficient (Wildman–Crippen LogP) is 6.12. The van der Waals surface area contributed by atoms with E-state index in [-0.39, 0.29) is 17.5 Å². The van der Waals surface area contributed by atoms with Crippen LogP contribution in [0, 0.1) is 0 Å². The molecule has 0 amide bonds. The molecule has 4 aromatic carbocycles. The molecule has 0 bridgehead atoms. The molecule has 0 aliphatic rings. The van der Waals surface area contributed by atoms with E-state index in [9.17, 15) is 18.3 Å². The second kappa shape index (κ2) is 10.4. The van der Waals surface area contributed by atoms with E-state index in [1.807, 2.05) is 54.6 Å². The molecule has 0 aliphatic carbocycles. The SMILES string of the molecule is CC(=O)n1c(O)c(C(=Nc2ccc(NS(=O)(=O)Cc3ccccc3)cc2)c2ccccc2)c2ccccc21. The molecule has 5 rings (SSSR count). The minimum atomic E-state index is -3.60. The molecule has 0 saturated heterocycles. The Hall–Kier alpha value is -4.69. The first-order valence-corrected chi connectivity index (χ1v) is 13.6. The van der Waals surface area contributed by atoms with Gasteiger partial charge in [-0.15, -0.1) is 0 Å². The van der Waals surface area contributed by atoms with Crippen molar-refractivity contribution in [2.75, 3.05) is 4.72 Å². The first-order chi connectivity index (χ1) is 18.3. The number of benzene rings is 4. The molecule has 0 aliphatic heterocycles. The van der Waals surface area contributed by atoms with E-state index >= 15 is 0 Å². The molecular formula is C30H25N3O4S. The lowest BCUT2D eigenvalue weighted by Crippen LogP contribution is -2.14. The number of nitrogens with one attached hydrogen (secondary N) is 1. The smallest absolute Gasteiger partial charge is 0.236 e. The highest BCUT2D eigenvalue weighted by atomic mass is 32.2. The molecule has 0 fully saturated rings. The van der Waals surface area contributed by atoms with Crippen molar-refractivity contribution < 1.29 is 18.3 Å². The molecule has 0 unspecified atom stereocenters. The van der Waals surface area contributed by atoms with Gasteiger partial charge in [0, 0.05) is 23.6 Å². The summed E-state index contributed by atoms with van der Waals surface area (Å²) < 4.78 is 29.1. The number of fused-ring (bicyclic) bond motifs is 1. The Labute approximate surface area is 220 Å². The molecule has 0 spiro atoms. The van der Waals surface area contributed by atoms with Gasteiger partial charge in [0.25, 0.3) is 0 Å². The number of aromatic hydroxyl groups is 1. The maximum Gasteiger partial charge on any atom is 0.236 e. The molecule has 5 aromatic rings. The predicted molar refractivity (Wildman–Crippen MR) is 151 cm³/mol. The van der Waals surface area contributed by atoms with Gasteiger partial charge in [0.2, 0.25) is 21.8 Å². The number of sulfonamides is 1. The number of anilines is 1. The van der Waals surface area contributed by atoms with Gasteiger partial charge >= 0.3 is 0 Å². The van der Waals surface area contributed by atoms with Crippen molar-refractivity contribution in [1.82, 2.24) is 4.57 Å². The highest BCUT2D eigenvalue weighted by Crippen LogP contribution is 2.34. The van der Waals surface area contributed by atoms with E-state index in [2.05, 4.69) is 4.72 Å². The van der Waals surface area contributed by atoms with Crippen LogP contribution in [0.2, 0.25) is 0 Å². The van der Waals surface area contributed by atoms with Crippen LogP contribution in [-0.2, 0) is 15.8 Å². The zero-order valence-corrected chi connectivity index (χ0v) is 21.4. The second-order valence-corrected chi connectivity index (χ2v) is 10.5. The van der Waals surface area contributed by atoms with Gasteiger partial charge < -0.3 is 5.11 Å². The highest BCUT2D eigenvalue weighted by molar-refractivity contribution is 7.91. The van der Waals surface area contributed by atoms with Crippen LogP contribution in [0.4, 0.5) is 11.4 Å². The lowest BCUT2D eigenvalue weighted by Gasteiger charge is -2.10. The molecule has 190 valence electrons. The summed E-state index contributed by atoms with van der Waals surface area (Å²) in [6.07, 6.45) is 0. The normalized spacial score (nSPS) is 12.0. The summed E-state index contributed by atoms with van der Waals surface area (Å²) in [6, 6.07) is 32.3. The Balaban J connectivity index is 1.54. The maximum atomic E-state index is 12.6. The summed E-state index contributed by atoms with van der Waals surface area (Å²) in [5, 5.41) is 11.9. The number of aliphatic imine (C=N–C) groups is 1. The number of aromatic nitrogens is 1. The largest absolute Gasteiger partial charge is 0.494 e. The third kappa shape index (κ3) is 5.21. The van der Waals surface area contributed by atoms with Crippen molar-refractivity contribution in [2.45, 2.75) is 12.7 Å². The fourth-order valence-corrected chi connectivity index (χ4v) is 5.58. The lowest BCUT2D eigenvalue weighted by atomic mass is 10.0. The summed E-state index contributed by atoms with van der Waals surface area (Å²) in [6.45, 7) is 1.40. The van der Waals surface area contributed by atoms with Gasteiger partial charge in [-0.2, -0.15) is 0 Å². The van der Waals surface area contributed by atoms with Crippen LogP contribution in [0.15, 0.2) is 114 Å². The summed E-state index contributed by atoms with van der Waals surface area (Å²) in [5.41, 5.74) is 3.91. The van der Waals surface area contributed by atoms with Crippen LogP contribution in [0.3, 0.4) is 0 Å². The van der Waals surface area contributed by atoms with E-state index in [0.717, 1.165) is 5.56 Å². The number of para-hydroxylation sites is 1. The molecule has 1 heterocycles. The van der Waals surface area contributed by atoms with Gasteiger partial charge in [-0.25, -0.2) is 13.4 Å². The lowest BCUT2D eigenvalue weighted by molar-refractivity contribution is 0.0933. The zero-order valence-electron chi connectivity index (χ0n) is 20.6. The van der Waals surface area contributed by atoms with Crippen LogP contribution in [0.1, 0.15) is 28.4 Å². The molecule has 1 aromatic heterocycles. The first-order valence-electron chi connectivity index (χ1n) is 11.9. The summed E-state index contributed by atoms with van der Waals surface area (Å²) >= 11 is 0. The molecule has 0 radical (unpaired) electrons. The fourth-order valence-electron chi connectivity index (χ4n) is 4.38. The maximum absolute atomic E-state index is 12.6. The monoisotopic (exact) mass is 523 g/mol. The van der Waals surface area contributed by atoms with Crippen molar-refractivity contribution in [2.24, 2.45) is 4.99 Å². The number of hydrogen-bond donors (Lipinski definition) is 2. The number of nitrogens with zero attached hydrogens (tertiary/aromatic N) is 2. The first kappa shape index (κ1) is 25.0. The minimum absolute atomic E-state index is 0.134. The molecule has 7 nitrogen and oxygen atoms in total. The average Bonchev–Trinajstić information content (AvgIpc) is 3.20.